The van der Waals surface area contributed by atoms with E-state index in [1.54, 1.807) is 17.3 Å². The molecule has 7 heteroatoms. The van der Waals surface area contributed by atoms with Gasteiger partial charge in [0, 0.05) is 42.1 Å². The minimum absolute atomic E-state index is 0.101. The fourth-order valence-electron chi connectivity index (χ4n) is 1.34. The maximum Gasteiger partial charge on any atom is 0.417 e. The molecule has 2 rings (SSSR count). The number of carbonyl (C=O) groups is 1. The molecule has 1 saturated heterocycles. The molecule has 1 aromatic rings. The standard InChI is InChI=1S/C9H11IN4O2/c10-7-5-12-8(13-6-7)16-9(15)14-3-1-11-2-4-14/h5-6,11H,1-4H2. The fourth-order valence-corrected chi connectivity index (χ4v) is 1.62. The molecule has 0 aliphatic carbocycles. The van der Waals surface area contributed by atoms with Gasteiger partial charge in [-0.05, 0) is 22.6 Å². The molecule has 1 aromatic heterocycles. The van der Waals surface area contributed by atoms with Crippen molar-refractivity contribution in [2.45, 2.75) is 0 Å². The van der Waals surface area contributed by atoms with Gasteiger partial charge < -0.3 is 15.0 Å². The van der Waals surface area contributed by atoms with Crippen molar-refractivity contribution in [1.29, 1.82) is 0 Å². The van der Waals surface area contributed by atoms with E-state index in [2.05, 4.69) is 37.9 Å². The molecule has 0 spiro atoms. The van der Waals surface area contributed by atoms with Gasteiger partial charge >= 0.3 is 12.1 Å². The maximum absolute atomic E-state index is 11.6. The lowest BCUT2D eigenvalue weighted by Gasteiger charge is -2.25. The molecule has 1 aliphatic rings. The average molecular weight is 334 g/mol. The molecule has 1 aliphatic heterocycles. The molecule has 0 unspecified atom stereocenters. The number of halogens is 1. The Hall–Kier alpha value is -0.960. The molecule has 86 valence electrons. The van der Waals surface area contributed by atoms with Crippen LogP contribution in [0.15, 0.2) is 12.4 Å². The Morgan fingerprint density at radius 2 is 2.00 bits per heavy atom. The third-order valence-corrected chi connectivity index (χ3v) is 2.71. The van der Waals surface area contributed by atoms with Gasteiger partial charge in [0.15, 0.2) is 0 Å². The number of hydrogen-bond donors (Lipinski definition) is 1. The van der Waals surface area contributed by atoms with Crippen LogP contribution < -0.4 is 10.1 Å². The predicted molar refractivity (Wildman–Crippen MR) is 65.2 cm³/mol. The quantitative estimate of drug-likeness (QED) is 0.757. The zero-order chi connectivity index (χ0) is 11.4. The zero-order valence-corrected chi connectivity index (χ0v) is 10.7. The molecule has 0 radical (unpaired) electrons. The molecule has 2 heterocycles. The van der Waals surface area contributed by atoms with Crippen LogP contribution >= 0.6 is 22.6 Å². The van der Waals surface area contributed by atoms with Gasteiger partial charge in [-0.25, -0.2) is 14.8 Å². The number of rotatable bonds is 1. The summed E-state index contributed by atoms with van der Waals surface area (Å²) >= 11 is 2.09. The number of nitrogens with one attached hydrogen (secondary N) is 1. The van der Waals surface area contributed by atoms with E-state index in [1.165, 1.54) is 0 Å². The Morgan fingerprint density at radius 1 is 1.38 bits per heavy atom. The summed E-state index contributed by atoms with van der Waals surface area (Å²) in [5.74, 6) is 0. The van der Waals surface area contributed by atoms with E-state index in [4.69, 9.17) is 4.74 Å². The summed E-state index contributed by atoms with van der Waals surface area (Å²) in [7, 11) is 0. The lowest BCUT2D eigenvalue weighted by atomic mass is 10.4. The Morgan fingerprint density at radius 3 is 2.62 bits per heavy atom. The number of piperazine rings is 1. The van der Waals surface area contributed by atoms with Crippen molar-refractivity contribution in [1.82, 2.24) is 20.2 Å². The van der Waals surface area contributed by atoms with Crippen molar-refractivity contribution in [3.8, 4) is 6.01 Å². The maximum atomic E-state index is 11.6. The minimum Gasteiger partial charge on any atom is -0.374 e. The highest BCUT2D eigenvalue weighted by Crippen LogP contribution is 2.06. The van der Waals surface area contributed by atoms with Crippen LogP contribution in [0.5, 0.6) is 6.01 Å². The first-order chi connectivity index (χ1) is 7.75. The van der Waals surface area contributed by atoms with Gasteiger partial charge in [0.2, 0.25) is 0 Å². The van der Waals surface area contributed by atoms with E-state index in [0.29, 0.717) is 13.1 Å². The van der Waals surface area contributed by atoms with E-state index in [-0.39, 0.29) is 12.1 Å². The van der Waals surface area contributed by atoms with Crippen LogP contribution in [0.1, 0.15) is 0 Å². The Bertz CT molecular complexity index is 364. The first-order valence-electron chi connectivity index (χ1n) is 4.91. The highest BCUT2D eigenvalue weighted by atomic mass is 127. The number of nitrogens with zero attached hydrogens (tertiary/aromatic N) is 3. The summed E-state index contributed by atoms with van der Waals surface area (Å²) in [5, 5.41) is 3.16. The molecule has 16 heavy (non-hydrogen) atoms. The lowest BCUT2D eigenvalue weighted by Crippen LogP contribution is -2.47. The van der Waals surface area contributed by atoms with E-state index >= 15 is 0 Å². The number of amides is 1. The largest absolute Gasteiger partial charge is 0.417 e. The highest BCUT2D eigenvalue weighted by molar-refractivity contribution is 14.1. The summed E-state index contributed by atoms with van der Waals surface area (Å²) < 4.78 is 5.94. The molecule has 1 fully saturated rings. The zero-order valence-electron chi connectivity index (χ0n) is 8.52. The van der Waals surface area contributed by atoms with Crippen molar-refractivity contribution in [2.24, 2.45) is 0 Å². The third-order valence-electron chi connectivity index (χ3n) is 2.15. The SMILES string of the molecule is O=C(Oc1ncc(I)cn1)N1CCNCC1. The topological polar surface area (TPSA) is 67.3 Å². The molecule has 0 bridgehead atoms. The molecule has 6 nitrogen and oxygen atoms in total. The van der Waals surface area contributed by atoms with Crippen LogP contribution in [0.3, 0.4) is 0 Å². The smallest absolute Gasteiger partial charge is 0.374 e. The summed E-state index contributed by atoms with van der Waals surface area (Å²) in [6.07, 6.45) is 2.82. The minimum atomic E-state index is -0.386. The van der Waals surface area contributed by atoms with Gasteiger partial charge in [-0.2, -0.15) is 0 Å². The normalized spacial score (nSPS) is 15.9. The number of aromatic nitrogens is 2. The van der Waals surface area contributed by atoms with Gasteiger partial charge in [-0.3, -0.25) is 0 Å². The first-order valence-corrected chi connectivity index (χ1v) is 5.98. The van der Waals surface area contributed by atoms with E-state index in [9.17, 15) is 4.79 Å². The fraction of sp³-hybridized carbons (Fsp3) is 0.444. The number of hydrogen-bond acceptors (Lipinski definition) is 5. The molecule has 1 amide bonds. The van der Waals surface area contributed by atoms with Crippen molar-refractivity contribution in [3.63, 3.8) is 0 Å². The van der Waals surface area contributed by atoms with Gasteiger partial charge in [0.1, 0.15) is 0 Å². The summed E-state index contributed by atoms with van der Waals surface area (Å²) in [6.45, 7) is 2.90. The molecule has 1 N–H and O–H groups in total. The second-order valence-corrected chi connectivity index (χ2v) is 4.53. The molecule has 0 atom stereocenters. The van der Waals surface area contributed by atoms with Crippen LogP contribution in [0.4, 0.5) is 4.79 Å². The Balaban J connectivity index is 1.93. The average Bonchev–Trinajstić information content (AvgIpc) is 2.33. The van der Waals surface area contributed by atoms with Gasteiger partial charge in [0.25, 0.3) is 0 Å². The second kappa shape index (κ2) is 5.39. The van der Waals surface area contributed by atoms with E-state index in [1.807, 2.05) is 0 Å². The van der Waals surface area contributed by atoms with Gasteiger partial charge in [-0.15, -0.1) is 0 Å². The summed E-state index contributed by atoms with van der Waals surface area (Å²) in [6, 6.07) is 0.101. The van der Waals surface area contributed by atoms with Crippen LogP contribution in [-0.4, -0.2) is 47.1 Å². The molecular formula is C9H11IN4O2. The molecular weight excluding hydrogens is 323 g/mol. The lowest BCUT2D eigenvalue weighted by molar-refractivity contribution is 0.142. The van der Waals surface area contributed by atoms with E-state index in [0.717, 1.165) is 16.7 Å². The van der Waals surface area contributed by atoms with Crippen molar-refractivity contribution in [2.75, 3.05) is 26.2 Å². The van der Waals surface area contributed by atoms with Crippen LogP contribution in [-0.2, 0) is 0 Å². The number of carbonyl (C=O) groups excluding carboxylic acids is 1. The monoisotopic (exact) mass is 334 g/mol. The Labute approximate surface area is 107 Å². The van der Waals surface area contributed by atoms with Crippen LogP contribution in [0.25, 0.3) is 0 Å². The molecule has 0 saturated carbocycles. The van der Waals surface area contributed by atoms with Gasteiger partial charge in [0.05, 0.1) is 0 Å². The number of ether oxygens (including phenoxy) is 1. The third kappa shape index (κ3) is 3.01. The second-order valence-electron chi connectivity index (χ2n) is 3.29. The van der Waals surface area contributed by atoms with Crippen LogP contribution in [0.2, 0.25) is 0 Å². The van der Waals surface area contributed by atoms with Gasteiger partial charge in [-0.1, -0.05) is 0 Å². The molecule has 0 aromatic carbocycles. The highest BCUT2D eigenvalue weighted by Gasteiger charge is 2.18. The van der Waals surface area contributed by atoms with Crippen molar-refractivity contribution < 1.29 is 9.53 Å². The summed E-state index contributed by atoms with van der Waals surface area (Å²) in [5.41, 5.74) is 0. The van der Waals surface area contributed by atoms with E-state index < -0.39 is 0 Å². The Kier molecular flexibility index (Phi) is 3.88. The van der Waals surface area contributed by atoms with Crippen LogP contribution in [0, 0.1) is 3.57 Å². The predicted octanol–water partition coefficient (Wildman–Crippen LogP) is 0.485. The first kappa shape index (κ1) is 11.5. The van der Waals surface area contributed by atoms with Crippen molar-refractivity contribution >= 4 is 28.7 Å². The van der Waals surface area contributed by atoms with Crippen molar-refractivity contribution in [3.05, 3.63) is 16.0 Å². The summed E-state index contributed by atoms with van der Waals surface area (Å²) in [4.78, 5) is 21.1.